The van der Waals surface area contributed by atoms with Gasteiger partial charge in [0.25, 0.3) is 0 Å². The first kappa shape index (κ1) is 19.0. The fourth-order valence-corrected chi connectivity index (χ4v) is 5.31. The summed E-state index contributed by atoms with van der Waals surface area (Å²) in [5.41, 5.74) is 10.4. The molecule has 0 aliphatic carbocycles. The first-order valence-electron chi connectivity index (χ1n) is 11.2. The largest absolute Gasteiger partial charge is 0.454 e. The molecule has 32 heavy (non-hydrogen) atoms. The van der Waals surface area contributed by atoms with Gasteiger partial charge in [-0.05, 0) is 74.7 Å². The quantitative estimate of drug-likeness (QED) is 0.288. The van der Waals surface area contributed by atoms with E-state index in [0.29, 0.717) is 0 Å². The number of aryl methyl sites for hydroxylation is 3. The summed E-state index contributed by atoms with van der Waals surface area (Å²) in [6.45, 7) is 8.79. The average Bonchev–Trinajstić information content (AvgIpc) is 3.28. The van der Waals surface area contributed by atoms with Crippen LogP contribution in [0.1, 0.15) is 23.6 Å². The Balaban J connectivity index is 1.61. The van der Waals surface area contributed by atoms with Crippen LogP contribution in [0.5, 0.6) is 0 Å². The number of hydrogen-bond donors (Lipinski definition) is 0. The number of nitrogens with zero attached hydrogens (tertiary/aromatic N) is 2. The third-order valence-corrected chi connectivity index (χ3v) is 6.60. The molecule has 1 aromatic heterocycles. The smallest absolute Gasteiger partial charge is 0.159 e. The van der Waals surface area contributed by atoms with Gasteiger partial charge in [0, 0.05) is 16.5 Å². The summed E-state index contributed by atoms with van der Waals surface area (Å²) in [6, 6.07) is 28.2. The zero-order valence-electron chi connectivity index (χ0n) is 18.9. The van der Waals surface area contributed by atoms with Crippen LogP contribution in [0.25, 0.3) is 21.9 Å². The number of fused-ring (bicyclic) bond motifs is 4. The Morgan fingerprint density at radius 3 is 2.09 bits per heavy atom. The first-order chi connectivity index (χ1) is 15.5. The van der Waals surface area contributed by atoms with E-state index in [4.69, 9.17) is 4.42 Å². The molecule has 0 radical (unpaired) electrons. The predicted molar refractivity (Wildman–Crippen MR) is 135 cm³/mol. The number of rotatable bonds is 2. The maximum Gasteiger partial charge on any atom is 0.159 e. The van der Waals surface area contributed by atoms with Crippen molar-refractivity contribution in [3.8, 4) is 0 Å². The van der Waals surface area contributed by atoms with Crippen LogP contribution in [0.2, 0.25) is 0 Å². The zero-order chi connectivity index (χ0) is 22.0. The summed E-state index contributed by atoms with van der Waals surface area (Å²) in [4.78, 5) is 4.88. The van der Waals surface area contributed by atoms with Gasteiger partial charge in [-0.25, -0.2) is 0 Å². The number of hydrogen-bond acceptors (Lipinski definition) is 3. The van der Waals surface area contributed by atoms with Crippen LogP contribution >= 0.6 is 0 Å². The monoisotopic (exact) mass is 418 g/mol. The maximum atomic E-state index is 6.46. The van der Waals surface area contributed by atoms with E-state index < -0.39 is 0 Å². The Labute approximate surface area is 188 Å². The molecule has 0 fully saturated rings. The van der Waals surface area contributed by atoms with Crippen molar-refractivity contribution in [1.82, 2.24) is 0 Å². The number of para-hydroxylation sites is 3. The van der Waals surface area contributed by atoms with Gasteiger partial charge < -0.3 is 14.2 Å². The summed E-state index contributed by atoms with van der Waals surface area (Å²) in [5, 5.41) is 2.32. The van der Waals surface area contributed by atoms with Crippen LogP contribution in [-0.4, -0.2) is 6.17 Å². The van der Waals surface area contributed by atoms with E-state index in [-0.39, 0.29) is 6.17 Å². The Morgan fingerprint density at radius 1 is 0.688 bits per heavy atom. The van der Waals surface area contributed by atoms with Crippen LogP contribution in [-0.2, 0) is 0 Å². The number of furan rings is 1. The minimum absolute atomic E-state index is 0.103. The Kier molecular flexibility index (Phi) is 4.09. The van der Waals surface area contributed by atoms with Crippen LogP contribution in [0, 0.1) is 20.8 Å². The van der Waals surface area contributed by atoms with Crippen molar-refractivity contribution in [1.29, 1.82) is 0 Å². The lowest BCUT2D eigenvalue weighted by molar-refractivity contribution is 0.663. The first-order valence-corrected chi connectivity index (χ1v) is 11.2. The van der Waals surface area contributed by atoms with E-state index in [9.17, 15) is 0 Å². The standard InChI is InChI=1S/C29H26N2O/c1-18-15-19(2)17-22(16-18)30-21(4)31(26-11-7-6-10-25(26)30)28-20(3)13-14-24-23-9-5-8-12-27(23)32-29(24)28/h5-17,21H,1-4H3/t21-/m1/s1. The number of anilines is 4. The van der Waals surface area contributed by atoms with Gasteiger partial charge >= 0.3 is 0 Å². The molecule has 0 amide bonds. The Bertz CT molecular complexity index is 1480. The molecule has 3 nitrogen and oxygen atoms in total. The molecule has 2 heterocycles. The zero-order valence-corrected chi connectivity index (χ0v) is 18.9. The molecule has 158 valence electrons. The lowest BCUT2D eigenvalue weighted by atomic mass is 10.1. The van der Waals surface area contributed by atoms with Crippen molar-refractivity contribution in [2.45, 2.75) is 33.9 Å². The molecule has 0 bridgehead atoms. The summed E-state index contributed by atoms with van der Waals surface area (Å²) in [7, 11) is 0. The van der Waals surface area contributed by atoms with E-state index in [1.807, 2.05) is 6.07 Å². The second kappa shape index (κ2) is 6.89. The third-order valence-electron chi connectivity index (χ3n) is 6.60. The fraction of sp³-hybridized carbons (Fsp3) is 0.172. The second-order valence-electron chi connectivity index (χ2n) is 8.91. The highest BCUT2D eigenvalue weighted by Crippen LogP contribution is 2.50. The van der Waals surface area contributed by atoms with E-state index in [1.165, 1.54) is 33.8 Å². The predicted octanol–water partition coefficient (Wildman–Crippen LogP) is 8.15. The summed E-state index contributed by atoms with van der Waals surface area (Å²) in [6.07, 6.45) is 0.103. The van der Waals surface area contributed by atoms with Crippen molar-refractivity contribution in [2.24, 2.45) is 0 Å². The molecule has 4 aromatic carbocycles. The molecule has 0 saturated heterocycles. The van der Waals surface area contributed by atoms with E-state index in [2.05, 4.69) is 110 Å². The molecule has 0 spiro atoms. The molecular weight excluding hydrogens is 392 g/mol. The van der Waals surface area contributed by atoms with Crippen molar-refractivity contribution in [3.63, 3.8) is 0 Å². The van der Waals surface area contributed by atoms with Crippen molar-refractivity contribution >= 4 is 44.7 Å². The van der Waals surface area contributed by atoms with Crippen molar-refractivity contribution < 1.29 is 4.42 Å². The van der Waals surface area contributed by atoms with Crippen LogP contribution in [0.15, 0.2) is 83.3 Å². The fourth-order valence-electron chi connectivity index (χ4n) is 5.31. The highest BCUT2D eigenvalue weighted by Gasteiger charge is 2.37. The third kappa shape index (κ3) is 2.67. The topological polar surface area (TPSA) is 19.6 Å². The van der Waals surface area contributed by atoms with Gasteiger partial charge in [-0.3, -0.25) is 0 Å². The van der Waals surface area contributed by atoms with Gasteiger partial charge in [-0.1, -0.05) is 48.5 Å². The molecule has 1 atom stereocenters. The molecule has 5 aromatic rings. The van der Waals surface area contributed by atoms with Crippen molar-refractivity contribution in [3.05, 3.63) is 95.6 Å². The van der Waals surface area contributed by atoms with Gasteiger partial charge in [-0.15, -0.1) is 0 Å². The van der Waals surface area contributed by atoms with E-state index >= 15 is 0 Å². The highest BCUT2D eigenvalue weighted by atomic mass is 16.3. The molecule has 6 rings (SSSR count). The molecular formula is C29H26N2O. The normalized spacial score (nSPS) is 15.7. The Hall–Kier alpha value is -3.72. The van der Waals surface area contributed by atoms with Crippen LogP contribution in [0.4, 0.5) is 22.7 Å². The van der Waals surface area contributed by atoms with Crippen LogP contribution in [0.3, 0.4) is 0 Å². The lowest BCUT2D eigenvalue weighted by Crippen LogP contribution is -2.35. The van der Waals surface area contributed by atoms with Gasteiger partial charge in [0.05, 0.1) is 17.1 Å². The maximum absolute atomic E-state index is 6.46. The lowest BCUT2D eigenvalue weighted by Gasteiger charge is -2.31. The van der Waals surface area contributed by atoms with Gasteiger partial charge in [-0.2, -0.15) is 0 Å². The molecule has 1 aliphatic rings. The van der Waals surface area contributed by atoms with Crippen molar-refractivity contribution in [2.75, 3.05) is 9.80 Å². The van der Waals surface area contributed by atoms with Gasteiger partial charge in [0.1, 0.15) is 11.7 Å². The molecule has 3 heteroatoms. The van der Waals surface area contributed by atoms with E-state index in [1.54, 1.807) is 0 Å². The van der Waals surface area contributed by atoms with Gasteiger partial charge in [0.2, 0.25) is 0 Å². The summed E-state index contributed by atoms with van der Waals surface area (Å²) < 4.78 is 6.46. The minimum Gasteiger partial charge on any atom is -0.454 e. The van der Waals surface area contributed by atoms with Gasteiger partial charge in [0.15, 0.2) is 5.58 Å². The van der Waals surface area contributed by atoms with Crippen LogP contribution < -0.4 is 9.80 Å². The molecule has 1 aliphatic heterocycles. The summed E-state index contributed by atoms with van der Waals surface area (Å²) >= 11 is 0. The molecule has 0 saturated carbocycles. The summed E-state index contributed by atoms with van der Waals surface area (Å²) in [5.74, 6) is 0. The minimum atomic E-state index is 0.103. The highest BCUT2D eigenvalue weighted by molar-refractivity contribution is 6.11. The number of benzene rings is 4. The average molecular weight is 419 g/mol. The molecule has 0 N–H and O–H groups in total. The van der Waals surface area contributed by atoms with E-state index in [0.717, 1.165) is 27.6 Å². The Morgan fingerprint density at radius 2 is 1.34 bits per heavy atom. The SMILES string of the molecule is Cc1cc(C)cc(N2c3ccccc3N(c3c(C)ccc4c3oc3ccccc34)[C@@H]2C)c1. The molecule has 0 unspecified atom stereocenters. The second-order valence-corrected chi connectivity index (χ2v) is 8.91.